The maximum Gasteiger partial charge on any atom is 0.206 e. The molecular weight excluding hydrogens is 665 g/mol. The summed E-state index contributed by atoms with van der Waals surface area (Å²) in [4.78, 5) is 6.24. The fraction of sp³-hybridized carbons (Fsp3) is 0.400. The summed E-state index contributed by atoms with van der Waals surface area (Å²) in [6, 6.07) is 26.2. The lowest BCUT2D eigenvalue weighted by Gasteiger charge is -2.16. The van der Waals surface area contributed by atoms with Crippen LogP contribution in [0.1, 0.15) is 59.8 Å². The van der Waals surface area contributed by atoms with E-state index in [1.807, 2.05) is 56.3 Å². The summed E-state index contributed by atoms with van der Waals surface area (Å²) < 4.78 is 52.1. The molecule has 0 spiro atoms. The predicted octanol–water partition coefficient (Wildman–Crippen LogP) is 6.86. The quantitative estimate of drug-likeness (QED) is 0.237. The van der Waals surface area contributed by atoms with Crippen LogP contribution in [0, 0.1) is 13.8 Å². The van der Waals surface area contributed by atoms with E-state index in [4.69, 9.17) is 0 Å². The van der Waals surface area contributed by atoms with Gasteiger partial charge >= 0.3 is 0 Å². The van der Waals surface area contributed by atoms with Crippen molar-refractivity contribution in [2.75, 3.05) is 50.9 Å². The zero-order valence-electron chi connectivity index (χ0n) is 29.4. The molecule has 0 saturated carbocycles. The summed E-state index contributed by atoms with van der Waals surface area (Å²) in [5, 5.41) is 7.20. The minimum atomic E-state index is -3.48. The third kappa shape index (κ3) is 6.83. The van der Waals surface area contributed by atoms with Crippen molar-refractivity contribution >= 4 is 31.0 Å². The Morgan fingerprint density at radius 2 is 0.960 bits per heavy atom. The Labute approximate surface area is 297 Å². The van der Waals surface area contributed by atoms with Crippen LogP contribution in [-0.2, 0) is 19.7 Å². The van der Waals surface area contributed by atoms with Crippen LogP contribution in [-0.4, -0.2) is 79.0 Å². The van der Waals surface area contributed by atoms with Gasteiger partial charge in [0.1, 0.15) is 0 Å². The minimum Gasteiger partial charge on any atom is -0.381 e. The van der Waals surface area contributed by atoms with Crippen molar-refractivity contribution in [3.05, 3.63) is 107 Å². The van der Waals surface area contributed by atoms with Crippen LogP contribution in [0.25, 0.3) is 0 Å². The van der Waals surface area contributed by atoms with Crippen molar-refractivity contribution in [3.8, 4) is 0 Å². The van der Waals surface area contributed by atoms with Crippen LogP contribution in [0.15, 0.2) is 105 Å². The standard InChI is InChI=1S/2C20H24N2O2S/c1-14-3-5-15(6-4-14)25(23,24)16-7-8-19-18(13-16)17-9-11-22(2)12-10-20(17)21-19;1-14-4-3-5-15(12-14)25(23,24)16-6-7-19-18(13-16)17-8-10-22(2)11-9-20(17)21-19/h3-8,13,17,20-21H,9-12H2,1-2H3;3-7,12-13,17,20-21H,8-11H2,1-2H3/t2*17-,20+/m11/s1. The fourth-order valence-electron chi connectivity index (χ4n) is 8.02. The molecule has 4 atom stereocenters. The zero-order valence-corrected chi connectivity index (χ0v) is 31.0. The van der Waals surface area contributed by atoms with Crippen LogP contribution in [0.3, 0.4) is 0 Å². The van der Waals surface area contributed by atoms with Gasteiger partial charge < -0.3 is 20.4 Å². The van der Waals surface area contributed by atoms with Crippen LogP contribution < -0.4 is 10.6 Å². The summed E-state index contributed by atoms with van der Waals surface area (Å²) in [5.41, 5.74) is 6.53. The van der Waals surface area contributed by atoms with Gasteiger partial charge in [-0.1, -0.05) is 29.8 Å². The molecule has 0 bridgehead atoms. The number of benzene rings is 4. The summed E-state index contributed by atoms with van der Waals surface area (Å²) in [6.45, 7) is 8.14. The number of nitrogens with zero attached hydrogens (tertiary/aromatic N) is 2. The summed E-state index contributed by atoms with van der Waals surface area (Å²) >= 11 is 0. The summed E-state index contributed by atoms with van der Waals surface area (Å²) in [7, 11) is -2.65. The average Bonchev–Trinajstić information content (AvgIpc) is 3.50. The lowest BCUT2D eigenvalue weighted by Crippen LogP contribution is -2.22. The third-order valence-corrected chi connectivity index (χ3v) is 14.6. The molecule has 0 radical (unpaired) electrons. The van der Waals surface area contributed by atoms with Crippen molar-refractivity contribution in [3.63, 3.8) is 0 Å². The van der Waals surface area contributed by atoms with Gasteiger partial charge in [-0.25, -0.2) is 16.8 Å². The van der Waals surface area contributed by atoms with Gasteiger partial charge in [-0.2, -0.15) is 0 Å². The topological polar surface area (TPSA) is 98.8 Å². The molecule has 0 unspecified atom stereocenters. The average molecular weight is 713 g/mol. The van der Waals surface area contributed by atoms with E-state index in [0.717, 1.165) is 85.5 Å². The third-order valence-electron chi connectivity index (χ3n) is 11.0. The molecule has 10 heteroatoms. The highest BCUT2D eigenvalue weighted by Crippen LogP contribution is 2.43. The first-order valence-electron chi connectivity index (χ1n) is 17.7. The van der Waals surface area contributed by atoms with Gasteiger partial charge in [0.2, 0.25) is 19.7 Å². The van der Waals surface area contributed by atoms with E-state index in [9.17, 15) is 16.8 Å². The Bertz CT molecular complexity index is 2100. The normalized spacial score (nSPS) is 23.4. The lowest BCUT2D eigenvalue weighted by molar-refractivity contribution is 0.346. The molecule has 264 valence electrons. The van der Waals surface area contributed by atoms with Crippen molar-refractivity contribution < 1.29 is 16.8 Å². The van der Waals surface area contributed by atoms with Gasteiger partial charge in [-0.15, -0.1) is 0 Å². The molecule has 2 N–H and O–H groups in total. The molecule has 50 heavy (non-hydrogen) atoms. The molecule has 4 heterocycles. The number of hydrogen-bond donors (Lipinski definition) is 2. The molecule has 2 saturated heterocycles. The first-order chi connectivity index (χ1) is 23.9. The van der Waals surface area contributed by atoms with Crippen molar-refractivity contribution in [2.45, 2.75) is 83.0 Å². The van der Waals surface area contributed by atoms with Crippen molar-refractivity contribution in [2.24, 2.45) is 0 Å². The van der Waals surface area contributed by atoms with E-state index in [-0.39, 0.29) is 0 Å². The lowest BCUT2D eigenvalue weighted by atomic mass is 9.91. The van der Waals surface area contributed by atoms with Crippen LogP contribution in [0.2, 0.25) is 0 Å². The Kier molecular flexibility index (Phi) is 9.58. The molecule has 8 rings (SSSR count). The minimum absolute atomic E-state index is 0.362. The van der Waals surface area contributed by atoms with Crippen molar-refractivity contribution in [1.29, 1.82) is 0 Å². The maximum absolute atomic E-state index is 13.0. The second-order valence-corrected chi connectivity index (χ2v) is 18.5. The van der Waals surface area contributed by atoms with Gasteiger partial charge in [0.15, 0.2) is 0 Å². The summed E-state index contributed by atoms with van der Waals surface area (Å²) in [6.07, 6.45) is 4.32. The predicted molar refractivity (Wildman–Crippen MR) is 200 cm³/mol. The molecule has 4 aliphatic heterocycles. The van der Waals surface area contributed by atoms with Gasteiger partial charge in [-0.3, -0.25) is 0 Å². The number of aryl methyl sites for hydroxylation is 2. The van der Waals surface area contributed by atoms with E-state index >= 15 is 0 Å². The smallest absolute Gasteiger partial charge is 0.206 e. The van der Waals surface area contributed by atoms with E-state index in [1.54, 1.807) is 42.5 Å². The number of hydrogen-bond acceptors (Lipinski definition) is 8. The Morgan fingerprint density at radius 3 is 1.46 bits per heavy atom. The van der Waals surface area contributed by atoms with E-state index in [0.29, 0.717) is 43.5 Å². The van der Waals surface area contributed by atoms with E-state index in [2.05, 4.69) is 34.5 Å². The van der Waals surface area contributed by atoms with Crippen LogP contribution in [0.4, 0.5) is 11.4 Å². The summed E-state index contributed by atoms with van der Waals surface area (Å²) in [5.74, 6) is 0.792. The number of fused-ring (bicyclic) bond motifs is 6. The van der Waals surface area contributed by atoms with Gasteiger partial charge in [0.05, 0.1) is 19.6 Å². The number of anilines is 2. The molecule has 4 aromatic rings. The zero-order chi connectivity index (χ0) is 35.2. The maximum atomic E-state index is 13.0. The Balaban J connectivity index is 0.000000157. The van der Waals surface area contributed by atoms with Gasteiger partial charge in [0, 0.05) is 35.3 Å². The monoisotopic (exact) mass is 712 g/mol. The Hall–Kier alpha value is -3.70. The fourth-order valence-corrected chi connectivity index (χ4v) is 10.7. The SMILES string of the molecule is Cc1ccc(S(=O)(=O)c2ccc3c(c2)[C@H]2CCN(C)CC[C@@H]2N3)cc1.Cc1cccc(S(=O)(=O)c2ccc3c(c2)[C@H]2CCN(C)CC[C@@H]2N3)c1. The first kappa shape index (κ1) is 34.7. The van der Waals surface area contributed by atoms with E-state index in [1.165, 1.54) is 0 Å². The highest BCUT2D eigenvalue weighted by atomic mass is 32.2. The molecule has 0 amide bonds. The first-order valence-corrected chi connectivity index (χ1v) is 20.7. The van der Waals surface area contributed by atoms with E-state index < -0.39 is 19.7 Å². The number of rotatable bonds is 4. The molecule has 4 aliphatic rings. The van der Waals surface area contributed by atoms with Crippen LogP contribution >= 0.6 is 0 Å². The second-order valence-electron chi connectivity index (χ2n) is 14.6. The highest BCUT2D eigenvalue weighted by molar-refractivity contribution is 7.91. The number of sulfone groups is 2. The van der Waals surface area contributed by atoms with Gasteiger partial charge in [0.25, 0.3) is 0 Å². The molecule has 8 nitrogen and oxygen atoms in total. The molecule has 0 aliphatic carbocycles. The number of nitrogens with one attached hydrogen (secondary N) is 2. The largest absolute Gasteiger partial charge is 0.381 e. The Morgan fingerprint density at radius 1 is 0.520 bits per heavy atom. The molecule has 2 fully saturated rings. The van der Waals surface area contributed by atoms with Crippen LogP contribution in [0.5, 0.6) is 0 Å². The highest BCUT2D eigenvalue weighted by Gasteiger charge is 2.36. The van der Waals surface area contributed by atoms with Crippen molar-refractivity contribution in [1.82, 2.24) is 9.80 Å². The van der Waals surface area contributed by atoms with Gasteiger partial charge in [-0.05, 0) is 157 Å². The second kappa shape index (κ2) is 13.8. The number of likely N-dealkylation sites (tertiary alicyclic amines) is 2. The molecule has 4 aromatic carbocycles. The molecular formula is C40H48N4O4S2. The molecule has 0 aromatic heterocycles.